The van der Waals surface area contributed by atoms with E-state index >= 15 is 0 Å². The molecule has 0 atom stereocenters. The summed E-state index contributed by atoms with van der Waals surface area (Å²) in [6.45, 7) is 1.74. The van der Waals surface area contributed by atoms with Gasteiger partial charge in [-0.15, -0.1) is 0 Å². The molecule has 22 heavy (non-hydrogen) atoms. The van der Waals surface area contributed by atoms with Crippen molar-refractivity contribution in [1.82, 2.24) is 4.90 Å². The van der Waals surface area contributed by atoms with Crippen molar-refractivity contribution in [2.24, 2.45) is 4.99 Å². The zero-order chi connectivity index (χ0) is 15.5. The Hall–Kier alpha value is -1.64. The maximum atomic E-state index is 6.44. The molecule has 0 saturated carbocycles. The van der Waals surface area contributed by atoms with Gasteiger partial charge < -0.3 is 4.90 Å². The van der Waals surface area contributed by atoms with Crippen molar-refractivity contribution >= 4 is 17.3 Å². The minimum absolute atomic E-state index is 0.794. The molecule has 2 aromatic carbocycles. The number of benzene rings is 2. The Morgan fingerprint density at radius 1 is 1.00 bits per heavy atom. The SMILES string of the molecule is CN(C)CCN=C1c2ccccc2CCc2c(Cl)cccc21. The standard InChI is InChI=1S/C19H21ClN2/c1-22(2)13-12-21-19-15-7-4-3-6-14(15)10-11-16-17(19)8-5-9-18(16)20/h3-9H,10-13H2,1-2H3. The van der Waals surface area contributed by atoms with Gasteiger partial charge in [-0.1, -0.05) is 48.0 Å². The smallest absolute Gasteiger partial charge is 0.0725 e. The molecule has 2 aromatic rings. The summed E-state index contributed by atoms with van der Waals surface area (Å²) in [5, 5.41) is 0.852. The number of hydrogen-bond acceptors (Lipinski definition) is 2. The lowest BCUT2D eigenvalue weighted by Crippen LogP contribution is -2.17. The average Bonchev–Trinajstić information content (AvgIpc) is 2.66. The quantitative estimate of drug-likeness (QED) is 0.841. The summed E-state index contributed by atoms with van der Waals surface area (Å²) in [6.07, 6.45) is 1.98. The summed E-state index contributed by atoms with van der Waals surface area (Å²) in [5.41, 5.74) is 6.12. The largest absolute Gasteiger partial charge is 0.308 e. The number of fused-ring (bicyclic) bond motifs is 2. The highest BCUT2D eigenvalue weighted by atomic mass is 35.5. The number of rotatable bonds is 3. The van der Waals surface area contributed by atoms with Gasteiger partial charge >= 0.3 is 0 Å². The monoisotopic (exact) mass is 312 g/mol. The average molecular weight is 313 g/mol. The lowest BCUT2D eigenvalue weighted by molar-refractivity contribution is 0.420. The maximum Gasteiger partial charge on any atom is 0.0725 e. The van der Waals surface area contributed by atoms with E-state index in [9.17, 15) is 0 Å². The molecule has 1 aliphatic rings. The second-order valence-electron chi connectivity index (χ2n) is 5.96. The number of likely N-dealkylation sites (N-methyl/N-ethyl adjacent to an activating group) is 1. The van der Waals surface area contributed by atoms with Crippen molar-refractivity contribution in [2.45, 2.75) is 12.8 Å². The lowest BCUT2D eigenvalue weighted by atomic mass is 9.98. The van der Waals surface area contributed by atoms with Crippen LogP contribution in [0.15, 0.2) is 47.5 Å². The van der Waals surface area contributed by atoms with Crippen LogP contribution in [0, 0.1) is 0 Å². The van der Waals surface area contributed by atoms with Gasteiger partial charge in [-0.25, -0.2) is 0 Å². The van der Waals surface area contributed by atoms with Crippen LogP contribution in [-0.4, -0.2) is 37.8 Å². The molecule has 0 N–H and O–H groups in total. The minimum Gasteiger partial charge on any atom is -0.308 e. The molecule has 0 aliphatic heterocycles. The Balaban J connectivity index is 2.11. The molecule has 3 rings (SSSR count). The molecular formula is C19H21ClN2. The molecule has 0 fully saturated rings. The second-order valence-corrected chi connectivity index (χ2v) is 6.36. The minimum atomic E-state index is 0.794. The Kier molecular flexibility index (Phi) is 4.60. The van der Waals surface area contributed by atoms with Gasteiger partial charge in [0.1, 0.15) is 0 Å². The van der Waals surface area contributed by atoms with Crippen LogP contribution in [0.4, 0.5) is 0 Å². The predicted octanol–water partition coefficient (Wildman–Crippen LogP) is 3.84. The van der Waals surface area contributed by atoms with Crippen LogP contribution in [-0.2, 0) is 12.8 Å². The summed E-state index contributed by atoms with van der Waals surface area (Å²) in [5.74, 6) is 0. The Morgan fingerprint density at radius 3 is 2.59 bits per heavy atom. The third kappa shape index (κ3) is 3.08. The number of hydrogen-bond donors (Lipinski definition) is 0. The molecule has 0 radical (unpaired) electrons. The molecular weight excluding hydrogens is 292 g/mol. The van der Waals surface area contributed by atoms with Crippen molar-refractivity contribution in [3.63, 3.8) is 0 Å². The van der Waals surface area contributed by atoms with Gasteiger partial charge in [0.15, 0.2) is 0 Å². The van der Waals surface area contributed by atoms with Crippen LogP contribution in [0.1, 0.15) is 22.3 Å². The first kappa shape index (κ1) is 15.3. The van der Waals surface area contributed by atoms with E-state index in [1.54, 1.807) is 0 Å². The molecule has 0 saturated heterocycles. The van der Waals surface area contributed by atoms with Gasteiger partial charge in [0, 0.05) is 22.7 Å². The highest BCUT2D eigenvalue weighted by molar-refractivity contribution is 6.32. The van der Waals surface area contributed by atoms with E-state index < -0.39 is 0 Å². The van der Waals surface area contributed by atoms with Crippen molar-refractivity contribution < 1.29 is 0 Å². The van der Waals surface area contributed by atoms with E-state index in [-0.39, 0.29) is 0 Å². The van der Waals surface area contributed by atoms with Crippen molar-refractivity contribution in [3.05, 3.63) is 69.7 Å². The van der Waals surface area contributed by atoms with Gasteiger partial charge in [0.2, 0.25) is 0 Å². The fourth-order valence-electron chi connectivity index (χ4n) is 2.94. The third-order valence-electron chi connectivity index (χ3n) is 4.11. The zero-order valence-electron chi connectivity index (χ0n) is 13.1. The normalized spacial score (nSPS) is 15.5. The Labute approximate surface area is 137 Å². The van der Waals surface area contributed by atoms with Crippen LogP contribution >= 0.6 is 11.6 Å². The van der Waals surface area contributed by atoms with Crippen LogP contribution in [0.5, 0.6) is 0 Å². The molecule has 0 heterocycles. The number of aliphatic imine (C=N–C) groups is 1. The number of nitrogens with zero attached hydrogens (tertiary/aromatic N) is 2. The van der Waals surface area contributed by atoms with E-state index in [1.165, 1.54) is 22.3 Å². The van der Waals surface area contributed by atoms with Crippen molar-refractivity contribution in [3.8, 4) is 0 Å². The molecule has 0 unspecified atom stereocenters. The summed E-state index contributed by atoms with van der Waals surface area (Å²) >= 11 is 6.44. The van der Waals surface area contributed by atoms with Gasteiger partial charge in [-0.3, -0.25) is 4.99 Å². The Bertz CT molecular complexity index is 704. The first-order valence-corrected chi connectivity index (χ1v) is 8.10. The molecule has 3 heteroatoms. The summed E-state index contributed by atoms with van der Waals surface area (Å²) < 4.78 is 0. The van der Waals surface area contributed by atoms with E-state index in [1.807, 2.05) is 12.1 Å². The topological polar surface area (TPSA) is 15.6 Å². The molecule has 0 bridgehead atoms. The first-order chi connectivity index (χ1) is 10.7. The molecule has 0 spiro atoms. The van der Waals surface area contributed by atoms with E-state index in [0.29, 0.717) is 0 Å². The van der Waals surface area contributed by atoms with Gasteiger partial charge in [-0.05, 0) is 44.1 Å². The van der Waals surface area contributed by atoms with E-state index in [0.717, 1.165) is 36.7 Å². The number of halogens is 1. The fourth-order valence-corrected chi connectivity index (χ4v) is 3.21. The van der Waals surface area contributed by atoms with Crippen molar-refractivity contribution in [2.75, 3.05) is 27.2 Å². The maximum absolute atomic E-state index is 6.44. The summed E-state index contributed by atoms with van der Waals surface area (Å²) in [6, 6.07) is 14.7. The predicted molar refractivity (Wildman–Crippen MR) is 94.4 cm³/mol. The summed E-state index contributed by atoms with van der Waals surface area (Å²) in [7, 11) is 4.15. The van der Waals surface area contributed by atoms with Gasteiger partial charge in [0.25, 0.3) is 0 Å². The van der Waals surface area contributed by atoms with Crippen LogP contribution < -0.4 is 0 Å². The molecule has 2 nitrogen and oxygen atoms in total. The summed E-state index contributed by atoms with van der Waals surface area (Å²) in [4.78, 5) is 7.08. The fraction of sp³-hybridized carbons (Fsp3) is 0.316. The highest BCUT2D eigenvalue weighted by Gasteiger charge is 2.20. The molecule has 0 amide bonds. The molecule has 1 aliphatic carbocycles. The molecule has 114 valence electrons. The molecule has 0 aromatic heterocycles. The van der Waals surface area contributed by atoms with Gasteiger partial charge in [0.05, 0.1) is 12.3 Å². The van der Waals surface area contributed by atoms with E-state index in [2.05, 4.69) is 49.3 Å². The van der Waals surface area contributed by atoms with Crippen molar-refractivity contribution in [1.29, 1.82) is 0 Å². The lowest BCUT2D eigenvalue weighted by Gasteiger charge is -2.13. The number of aryl methyl sites for hydroxylation is 1. The van der Waals surface area contributed by atoms with E-state index in [4.69, 9.17) is 16.6 Å². The second kappa shape index (κ2) is 6.64. The first-order valence-electron chi connectivity index (χ1n) is 7.72. The third-order valence-corrected chi connectivity index (χ3v) is 4.46. The van der Waals surface area contributed by atoms with Crippen LogP contribution in [0.3, 0.4) is 0 Å². The zero-order valence-corrected chi connectivity index (χ0v) is 13.9. The van der Waals surface area contributed by atoms with Crippen LogP contribution in [0.2, 0.25) is 5.02 Å². The van der Waals surface area contributed by atoms with Crippen LogP contribution in [0.25, 0.3) is 0 Å². The Morgan fingerprint density at radius 2 is 1.77 bits per heavy atom. The van der Waals surface area contributed by atoms with Gasteiger partial charge in [-0.2, -0.15) is 0 Å². The highest BCUT2D eigenvalue weighted by Crippen LogP contribution is 2.29.